The van der Waals surface area contributed by atoms with Crippen LogP contribution in [0.4, 0.5) is 0 Å². The highest BCUT2D eigenvalue weighted by Crippen LogP contribution is 2.52. The van der Waals surface area contributed by atoms with Crippen LogP contribution in [0.5, 0.6) is 5.75 Å². The van der Waals surface area contributed by atoms with Crippen LogP contribution in [0.1, 0.15) is 33.5 Å². The van der Waals surface area contributed by atoms with Crippen LogP contribution in [0, 0.1) is 11.8 Å². The maximum absolute atomic E-state index is 13.9. The van der Waals surface area contributed by atoms with E-state index in [9.17, 15) is 39.6 Å². The van der Waals surface area contributed by atoms with E-state index in [2.05, 4.69) is 5.32 Å². The van der Waals surface area contributed by atoms with E-state index < -0.39 is 58.0 Å². The molecule has 0 unspecified atom stereocenters. The minimum Gasteiger partial charge on any atom is -0.508 e. The number of hydrogen-bond donors (Lipinski definition) is 6. The number of amides is 1. The lowest BCUT2D eigenvalue weighted by atomic mass is 9.57. The number of carbonyl (C=O) groups is 4. The third-order valence-electron chi connectivity index (χ3n) is 8.36. The molecule has 0 aliphatic heterocycles. The van der Waals surface area contributed by atoms with Gasteiger partial charge in [-0.3, -0.25) is 24.1 Å². The molecule has 5 rings (SSSR count). The number of rotatable bonds is 7. The summed E-state index contributed by atoms with van der Waals surface area (Å²) in [7, 11) is 3.06. The quantitative estimate of drug-likeness (QED) is 0.209. The van der Waals surface area contributed by atoms with Crippen molar-refractivity contribution in [2.45, 2.75) is 31.0 Å². The van der Waals surface area contributed by atoms with E-state index in [1.807, 2.05) is 30.3 Å². The van der Waals surface area contributed by atoms with Crippen LogP contribution in [0.2, 0.25) is 0 Å². The van der Waals surface area contributed by atoms with Crippen molar-refractivity contribution in [1.29, 1.82) is 0 Å². The van der Waals surface area contributed by atoms with Crippen LogP contribution < -0.4 is 11.1 Å². The fourth-order valence-corrected chi connectivity index (χ4v) is 6.52. The number of aliphatic hydroxyl groups excluding tert-OH is 2. The van der Waals surface area contributed by atoms with E-state index in [1.54, 1.807) is 0 Å². The number of aliphatic hydroxyl groups is 3. The first-order valence-corrected chi connectivity index (χ1v) is 13.2. The average molecular weight is 562 g/mol. The Bertz CT molecular complexity index is 1540. The standard InChI is InChI=1S/C30H31N3O8/c1-33(2)24-18-11-15-10-17-16(20(35)13-32-12-14-6-4-3-5-7-14)8-9-19(34)22(17)25(36)21(15)27(38)30(18,41)28(39)23(26(24)37)29(31)40/h3-9,15,18,24,32,34,36,39,41H,10-13H2,1-2H3,(H2,31,40)/t15-,18-,24-,30-/m0/s1. The highest BCUT2D eigenvalue weighted by atomic mass is 16.3. The van der Waals surface area contributed by atoms with Gasteiger partial charge in [-0.25, -0.2) is 0 Å². The molecule has 1 amide bonds. The molecule has 0 aromatic heterocycles. The Morgan fingerprint density at radius 2 is 1.76 bits per heavy atom. The van der Waals surface area contributed by atoms with E-state index in [0.29, 0.717) is 12.1 Å². The third-order valence-corrected chi connectivity index (χ3v) is 8.36. The van der Waals surface area contributed by atoms with Gasteiger partial charge in [0.1, 0.15) is 22.8 Å². The molecule has 1 fully saturated rings. The molecule has 0 radical (unpaired) electrons. The lowest BCUT2D eigenvalue weighted by molar-refractivity contribution is -0.153. The Morgan fingerprint density at radius 3 is 2.39 bits per heavy atom. The molecule has 11 nitrogen and oxygen atoms in total. The highest BCUT2D eigenvalue weighted by Gasteiger charge is 2.64. The first-order valence-electron chi connectivity index (χ1n) is 13.2. The summed E-state index contributed by atoms with van der Waals surface area (Å²) in [5.41, 5.74) is 2.95. The second kappa shape index (κ2) is 10.3. The number of phenols is 1. The maximum Gasteiger partial charge on any atom is 0.255 e. The predicted octanol–water partition coefficient (Wildman–Crippen LogP) is 0.937. The van der Waals surface area contributed by atoms with Crippen LogP contribution in [-0.4, -0.2) is 80.9 Å². The third kappa shape index (κ3) is 4.33. The van der Waals surface area contributed by atoms with E-state index in [4.69, 9.17) is 5.73 Å². The summed E-state index contributed by atoms with van der Waals surface area (Å²) in [6, 6.07) is 11.0. The lowest BCUT2D eigenvalue weighted by Gasteiger charge is -2.50. The average Bonchev–Trinajstić information content (AvgIpc) is 2.91. The van der Waals surface area contributed by atoms with Gasteiger partial charge >= 0.3 is 0 Å². The molecule has 4 atom stereocenters. The topological polar surface area (TPSA) is 190 Å². The van der Waals surface area contributed by atoms with Crippen molar-refractivity contribution in [2.75, 3.05) is 20.6 Å². The summed E-state index contributed by atoms with van der Waals surface area (Å²) in [6.45, 7) is 0.422. The maximum atomic E-state index is 13.9. The molecule has 41 heavy (non-hydrogen) atoms. The van der Waals surface area contributed by atoms with Gasteiger partial charge in [0.15, 0.2) is 17.2 Å². The van der Waals surface area contributed by atoms with Gasteiger partial charge in [-0.1, -0.05) is 30.3 Å². The zero-order chi connectivity index (χ0) is 29.8. The highest BCUT2D eigenvalue weighted by molar-refractivity contribution is 6.24. The fourth-order valence-electron chi connectivity index (χ4n) is 6.52. The number of likely N-dealkylation sites (N-methyl/N-ethyl adjacent to an activating group) is 1. The summed E-state index contributed by atoms with van der Waals surface area (Å²) in [4.78, 5) is 53.9. The van der Waals surface area contributed by atoms with Gasteiger partial charge in [0.2, 0.25) is 5.78 Å². The fraction of sp³-hybridized carbons (Fsp3) is 0.333. The summed E-state index contributed by atoms with van der Waals surface area (Å²) >= 11 is 0. The molecule has 7 N–H and O–H groups in total. The van der Waals surface area contributed by atoms with E-state index >= 15 is 0 Å². The van der Waals surface area contributed by atoms with Crippen LogP contribution in [0.15, 0.2) is 59.4 Å². The molecule has 214 valence electrons. The molecular weight excluding hydrogens is 530 g/mol. The smallest absolute Gasteiger partial charge is 0.255 e. The first-order chi connectivity index (χ1) is 19.4. The number of hydrogen-bond acceptors (Lipinski definition) is 10. The molecule has 3 aliphatic rings. The normalized spacial score (nSPS) is 25.6. The Balaban J connectivity index is 1.56. The summed E-state index contributed by atoms with van der Waals surface area (Å²) in [6.07, 6.45) is -0.00992. The second-order valence-electron chi connectivity index (χ2n) is 11.0. The molecule has 1 saturated carbocycles. The van der Waals surface area contributed by atoms with Crippen molar-refractivity contribution in [2.24, 2.45) is 17.6 Å². The summed E-state index contributed by atoms with van der Waals surface area (Å²) in [5.74, 6) is -7.62. The number of ketones is 3. The number of benzene rings is 2. The minimum atomic E-state index is -2.71. The van der Waals surface area contributed by atoms with Crippen molar-refractivity contribution in [3.63, 3.8) is 0 Å². The number of fused-ring (bicyclic) bond motifs is 3. The largest absolute Gasteiger partial charge is 0.508 e. The first kappa shape index (κ1) is 28.2. The van der Waals surface area contributed by atoms with E-state index in [0.717, 1.165) is 5.56 Å². The number of nitrogens with one attached hydrogen (secondary N) is 1. The van der Waals surface area contributed by atoms with Crippen LogP contribution in [-0.2, 0) is 27.3 Å². The molecule has 0 heterocycles. The van der Waals surface area contributed by atoms with Gasteiger partial charge in [-0.2, -0.15) is 0 Å². The SMILES string of the molecule is CN(C)[C@@H]1C(=O)C(C(N)=O)=C(O)[C@@]2(O)C(=O)C3=C(O)c4c(O)ccc(C(=O)CNCc5ccccc5)c4C[C@H]3C[C@@H]12. The van der Waals surface area contributed by atoms with Gasteiger partial charge in [-0.15, -0.1) is 0 Å². The summed E-state index contributed by atoms with van der Waals surface area (Å²) < 4.78 is 0. The van der Waals surface area contributed by atoms with Crippen LogP contribution >= 0.6 is 0 Å². The molecule has 0 spiro atoms. The Labute approximate surface area is 235 Å². The number of nitrogens with two attached hydrogens (primary N) is 1. The van der Waals surface area contributed by atoms with Crippen molar-refractivity contribution in [1.82, 2.24) is 10.2 Å². The van der Waals surface area contributed by atoms with E-state index in [-0.39, 0.29) is 47.6 Å². The zero-order valence-electron chi connectivity index (χ0n) is 22.5. The van der Waals surface area contributed by atoms with Crippen molar-refractivity contribution < 1.29 is 39.6 Å². The van der Waals surface area contributed by atoms with Crippen LogP contribution in [0.3, 0.4) is 0 Å². The van der Waals surface area contributed by atoms with Gasteiger partial charge in [0.25, 0.3) is 5.91 Å². The number of Topliss-reactive ketones (excluding diaryl/α,β-unsaturated/α-hetero) is 3. The van der Waals surface area contributed by atoms with Crippen molar-refractivity contribution in [3.8, 4) is 5.75 Å². The molecule has 0 bridgehead atoms. The molecule has 2 aromatic carbocycles. The Morgan fingerprint density at radius 1 is 1.07 bits per heavy atom. The Hall–Kier alpha value is -4.32. The zero-order valence-corrected chi connectivity index (χ0v) is 22.5. The van der Waals surface area contributed by atoms with Crippen LogP contribution in [0.25, 0.3) is 5.76 Å². The number of aromatic hydroxyl groups is 1. The molecular formula is C30H31N3O8. The van der Waals surface area contributed by atoms with Crippen molar-refractivity contribution in [3.05, 3.63) is 81.6 Å². The van der Waals surface area contributed by atoms with Gasteiger partial charge < -0.3 is 31.5 Å². The van der Waals surface area contributed by atoms with Crippen molar-refractivity contribution >= 4 is 29.0 Å². The number of phenolic OH excluding ortho intramolecular Hbond substituents is 1. The number of primary amides is 1. The van der Waals surface area contributed by atoms with Gasteiger partial charge in [0, 0.05) is 23.6 Å². The van der Waals surface area contributed by atoms with Gasteiger partial charge in [0.05, 0.1) is 18.2 Å². The van der Waals surface area contributed by atoms with E-state index in [1.165, 1.54) is 31.1 Å². The summed E-state index contributed by atoms with van der Waals surface area (Å²) in [5, 5.41) is 47.7. The monoisotopic (exact) mass is 561 g/mol. The molecule has 3 aliphatic carbocycles. The minimum absolute atomic E-state index is 0.0266. The molecule has 2 aromatic rings. The molecule has 11 heteroatoms. The lowest BCUT2D eigenvalue weighted by Crippen LogP contribution is -2.65. The van der Waals surface area contributed by atoms with Gasteiger partial charge in [-0.05, 0) is 56.1 Å². The second-order valence-corrected chi connectivity index (χ2v) is 11.0. The molecule has 0 saturated heterocycles. The number of carbonyl (C=O) groups excluding carboxylic acids is 4. The predicted molar refractivity (Wildman–Crippen MR) is 147 cm³/mol. The number of nitrogens with zero attached hydrogens (tertiary/aromatic N) is 1. The Kier molecular flexibility index (Phi) is 7.06.